The van der Waals surface area contributed by atoms with Crippen molar-refractivity contribution in [2.75, 3.05) is 4.90 Å². The summed E-state index contributed by atoms with van der Waals surface area (Å²) in [5, 5.41) is 2.62. The van der Waals surface area contributed by atoms with Crippen molar-refractivity contribution in [2.45, 2.75) is 5.41 Å². The van der Waals surface area contributed by atoms with Crippen molar-refractivity contribution in [1.82, 2.24) is 0 Å². The van der Waals surface area contributed by atoms with E-state index in [4.69, 9.17) is 0 Å². The van der Waals surface area contributed by atoms with Gasteiger partial charge in [-0.1, -0.05) is 164 Å². The van der Waals surface area contributed by atoms with E-state index in [2.05, 4.69) is 229 Å². The molecule has 0 radical (unpaired) electrons. The molecule has 1 nitrogen and oxygen atoms in total. The first-order valence-electron chi connectivity index (χ1n) is 19.6. The Morgan fingerprint density at radius 2 is 0.877 bits per heavy atom. The molecule has 10 aromatic rings. The maximum absolute atomic E-state index is 2.50. The maximum Gasteiger partial charge on any atom is 0.0713 e. The highest BCUT2D eigenvalue weighted by Crippen LogP contribution is 2.57. The second kappa shape index (κ2) is 13.6. The lowest BCUT2D eigenvalue weighted by molar-refractivity contribution is 0.770. The number of para-hydroxylation sites is 2. The van der Waals surface area contributed by atoms with Crippen LogP contribution in [0.3, 0.4) is 0 Å². The molecule has 9 aromatic carbocycles. The van der Waals surface area contributed by atoms with Gasteiger partial charge >= 0.3 is 0 Å². The fraction of sp³-hybridized carbons (Fsp3) is 0.0182. The van der Waals surface area contributed by atoms with Gasteiger partial charge < -0.3 is 4.90 Å². The molecule has 0 amide bonds. The van der Waals surface area contributed by atoms with Crippen LogP contribution < -0.4 is 4.90 Å². The van der Waals surface area contributed by atoms with Gasteiger partial charge in [-0.05, 0) is 116 Å². The quantitative estimate of drug-likeness (QED) is 0.157. The predicted octanol–water partition coefficient (Wildman–Crippen LogP) is 15.2. The molecule has 0 saturated heterocycles. The second-order valence-corrected chi connectivity index (χ2v) is 15.9. The van der Waals surface area contributed by atoms with Crippen LogP contribution in [0.25, 0.3) is 53.6 Å². The zero-order valence-electron chi connectivity index (χ0n) is 31.2. The van der Waals surface area contributed by atoms with Crippen LogP contribution in [0.15, 0.2) is 224 Å². The summed E-state index contributed by atoms with van der Waals surface area (Å²) in [5.74, 6) is 0. The highest BCUT2D eigenvalue weighted by Gasteiger charge is 2.46. The Morgan fingerprint density at radius 1 is 0.333 bits per heavy atom. The normalized spacial score (nSPS) is 12.7. The van der Waals surface area contributed by atoms with Gasteiger partial charge in [0.25, 0.3) is 0 Å². The Kier molecular flexibility index (Phi) is 7.98. The summed E-state index contributed by atoms with van der Waals surface area (Å²) in [6.45, 7) is 0. The molecule has 57 heavy (non-hydrogen) atoms. The molecule has 0 bridgehead atoms. The van der Waals surface area contributed by atoms with Crippen LogP contribution in [-0.2, 0) is 5.41 Å². The highest BCUT2D eigenvalue weighted by atomic mass is 32.1. The summed E-state index contributed by atoms with van der Waals surface area (Å²) in [6.07, 6.45) is 0. The van der Waals surface area contributed by atoms with E-state index in [0.29, 0.717) is 0 Å². The van der Waals surface area contributed by atoms with Crippen LogP contribution in [0.4, 0.5) is 17.1 Å². The van der Waals surface area contributed by atoms with Gasteiger partial charge in [-0.3, -0.25) is 0 Å². The van der Waals surface area contributed by atoms with Gasteiger partial charge in [0.2, 0.25) is 0 Å². The highest BCUT2D eigenvalue weighted by molar-refractivity contribution is 7.25. The molecule has 0 N–H and O–H groups in total. The van der Waals surface area contributed by atoms with Gasteiger partial charge in [0.15, 0.2) is 0 Å². The average Bonchev–Trinajstić information content (AvgIpc) is 3.82. The lowest BCUT2D eigenvalue weighted by Crippen LogP contribution is -2.28. The van der Waals surface area contributed by atoms with E-state index >= 15 is 0 Å². The minimum absolute atomic E-state index is 0.436. The SMILES string of the molecule is c1ccc(N(c2ccccc2)c2ccc(-c3cccc(-c4cccc5sc6ccc(C7(c8ccccc8)c8ccccc8-c8ccccc87)cc6c45)c3)cc2)cc1. The molecule has 0 fully saturated rings. The van der Waals surface area contributed by atoms with Crippen molar-refractivity contribution >= 4 is 48.6 Å². The minimum atomic E-state index is -0.436. The Balaban J connectivity index is 1.04. The summed E-state index contributed by atoms with van der Waals surface area (Å²) in [6, 6.07) is 82.3. The van der Waals surface area contributed by atoms with E-state index in [-0.39, 0.29) is 0 Å². The Hall–Kier alpha value is -7.00. The van der Waals surface area contributed by atoms with Crippen LogP contribution in [-0.4, -0.2) is 0 Å². The largest absolute Gasteiger partial charge is 0.311 e. The van der Waals surface area contributed by atoms with Crippen molar-refractivity contribution in [2.24, 2.45) is 0 Å². The summed E-state index contributed by atoms with van der Waals surface area (Å²) < 4.78 is 2.61. The number of nitrogens with zero attached hydrogens (tertiary/aromatic N) is 1. The number of hydrogen-bond donors (Lipinski definition) is 0. The van der Waals surface area contributed by atoms with E-state index in [1.807, 2.05) is 11.3 Å². The van der Waals surface area contributed by atoms with Crippen molar-refractivity contribution in [1.29, 1.82) is 0 Å². The van der Waals surface area contributed by atoms with Crippen LogP contribution >= 0.6 is 11.3 Å². The van der Waals surface area contributed by atoms with Gasteiger partial charge in [-0.25, -0.2) is 0 Å². The topological polar surface area (TPSA) is 3.24 Å². The van der Waals surface area contributed by atoms with Gasteiger partial charge in [0.1, 0.15) is 0 Å². The number of thiophene rings is 1. The van der Waals surface area contributed by atoms with E-state index in [1.54, 1.807) is 0 Å². The Morgan fingerprint density at radius 3 is 1.54 bits per heavy atom. The first-order valence-corrected chi connectivity index (χ1v) is 20.4. The molecule has 1 heterocycles. The Labute approximate surface area is 337 Å². The molecule has 1 aliphatic rings. The average molecular weight is 744 g/mol. The summed E-state index contributed by atoms with van der Waals surface area (Å²) in [4.78, 5) is 2.31. The molecule has 11 rings (SSSR count). The molecular formula is C55H37NS. The maximum atomic E-state index is 2.50. The lowest BCUT2D eigenvalue weighted by Gasteiger charge is -2.34. The van der Waals surface area contributed by atoms with Crippen molar-refractivity contribution < 1.29 is 0 Å². The summed E-state index contributed by atoms with van der Waals surface area (Å²) >= 11 is 1.88. The third-order valence-corrected chi connectivity index (χ3v) is 12.9. The number of rotatable bonds is 7. The van der Waals surface area contributed by atoms with E-state index in [1.165, 1.54) is 75.8 Å². The second-order valence-electron chi connectivity index (χ2n) is 14.8. The van der Waals surface area contributed by atoms with Crippen molar-refractivity contribution in [3.8, 4) is 33.4 Å². The van der Waals surface area contributed by atoms with Crippen LogP contribution in [0.1, 0.15) is 22.3 Å². The molecule has 0 unspecified atom stereocenters. The summed E-state index contributed by atoms with van der Waals surface area (Å²) in [5.41, 5.74) is 15.7. The number of benzene rings is 9. The van der Waals surface area contributed by atoms with E-state index in [0.717, 1.165) is 17.1 Å². The lowest BCUT2D eigenvalue weighted by atomic mass is 9.67. The first kappa shape index (κ1) is 33.3. The molecule has 0 saturated carbocycles. The van der Waals surface area contributed by atoms with Gasteiger partial charge in [0.05, 0.1) is 5.41 Å². The smallest absolute Gasteiger partial charge is 0.0713 e. The van der Waals surface area contributed by atoms with Gasteiger partial charge in [0, 0.05) is 37.2 Å². The Bertz CT molecular complexity index is 2970. The van der Waals surface area contributed by atoms with Crippen LogP contribution in [0.5, 0.6) is 0 Å². The van der Waals surface area contributed by atoms with Gasteiger partial charge in [-0.15, -0.1) is 11.3 Å². The summed E-state index contributed by atoms with van der Waals surface area (Å²) in [7, 11) is 0. The fourth-order valence-corrected chi connectivity index (χ4v) is 10.4. The zero-order valence-corrected chi connectivity index (χ0v) is 32.0. The molecule has 1 aliphatic carbocycles. The molecular weight excluding hydrogens is 707 g/mol. The van der Waals surface area contributed by atoms with Crippen LogP contribution in [0.2, 0.25) is 0 Å². The van der Waals surface area contributed by atoms with Crippen LogP contribution in [0, 0.1) is 0 Å². The number of anilines is 3. The van der Waals surface area contributed by atoms with E-state index in [9.17, 15) is 0 Å². The van der Waals surface area contributed by atoms with Crippen molar-refractivity contribution in [3.05, 3.63) is 247 Å². The molecule has 0 atom stereocenters. The standard InChI is InChI=1S/C55H37NS/c1-4-18-41(19-5-1)55(50-27-12-10-24-47(50)48-25-11-13-28-51(48)55)42-32-35-52-49(37-42)54-46(26-15-29-53(54)57-52)40-17-14-16-39(36-40)38-30-33-45(34-31-38)56(43-20-6-2-7-21-43)44-22-8-3-9-23-44/h1-37H. The minimum Gasteiger partial charge on any atom is -0.311 e. The monoisotopic (exact) mass is 743 g/mol. The van der Waals surface area contributed by atoms with Crippen molar-refractivity contribution in [3.63, 3.8) is 0 Å². The molecule has 0 aliphatic heterocycles. The predicted molar refractivity (Wildman–Crippen MR) is 242 cm³/mol. The fourth-order valence-electron chi connectivity index (χ4n) is 9.28. The number of hydrogen-bond acceptors (Lipinski definition) is 2. The third-order valence-electron chi connectivity index (χ3n) is 11.7. The van der Waals surface area contributed by atoms with E-state index < -0.39 is 5.41 Å². The number of fused-ring (bicyclic) bond motifs is 6. The van der Waals surface area contributed by atoms with Gasteiger partial charge in [-0.2, -0.15) is 0 Å². The molecule has 2 heteroatoms. The molecule has 268 valence electrons. The molecule has 1 aromatic heterocycles. The first-order chi connectivity index (χ1) is 28.3. The molecule has 0 spiro atoms. The zero-order chi connectivity index (χ0) is 37.8. The third kappa shape index (κ3) is 5.37.